The Hall–Kier alpha value is -2.48. The monoisotopic (exact) mass is 372 g/mol. The highest BCUT2D eigenvalue weighted by Crippen LogP contribution is 2.17. The summed E-state index contributed by atoms with van der Waals surface area (Å²) in [6.07, 6.45) is 1.88. The van der Waals surface area contributed by atoms with Crippen LogP contribution in [0.1, 0.15) is 19.3 Å². The fourth-order valence-electron chi connectivity index (χ4n) is 3.33. The Bertz CT molecular complexity index is 787. The lowest BCUT2D eigenvalue weighted by atomic mass is 9.96. The van der Waals surface area contributed by atoms with Gasteiger partial charge >= 0.3 is 0 Å². The van der Waals surface area contributed by atoms with Gasteiger partial charge in [-0.25, -0.2) is 4.68 Å². The highest BCUT2D eigenvalue weighted by Gasteiger charge is 2.29. The molecule has 8 heteroatoms. The van der Waals surface area contributed by atoms with Crippen molar-refractivity contribution in [1.29, 1.82) is 0 Å². The molecule has 0 saturated carbocycles. The molecule has 8 nitrogen and oxygen atoms in total. The summed E-state index contributed by atoms with van der Waals surface area (Å²) < 4.78 is 1.86. The average molecular weight is 372 g/mol. The molecule has 1 aliphatic heterocycles. The van der Waals surface area contributed by atoms with Gasteiger partial charge in [-0.2, -0.15) is 0 Å². The van der Waals surface area contributed by atoms with Crippen LogP contribution in [0.25, 0.3) is 11.0 Å². The second-order valence-electron chi connectivity index (χ2n) is 7.32. The summed E-state index contributed by atoms with van der Waals surface area (Å²) in [6, 6.07) is 7.84. The van der Waals surface area contributed by atoms with Crippen molar-refractivity contribution >= 4 is 22.8 Å². The van der Waals surface area contributed by atoms with E-state index in [2.05, 4.69) is 15.6 Å². The fraction of sp³-hybridized carbons (Fsp3) is 0.579. The zero-order valence-electron chi connectivity index (χ0n) is 16.1. The number of piperidine rings is 1. The molecule has 1 aromatic carbocycles. The molecule has 0 unspecified atom stereocenters. The minimum absolute atomic E-state index is 0.0424. The van der Waals surface area contributed by atoms with Crippen LogP contribution in [0.4, 0.5) is 0 Å². The Labute approximate surface area is 159 Å². The lowest BCUT2D eigenvalue weighted by molar-refractivity contribution is -0.138. The summed E-state index contributed by atoms with van der Waals surface area (Å²) in [5.41, 5.74) is 1.89. The number of aromatic nitrogens is 3. The molecule has 1 N–H and O–H groups in total. The minimum Gasteiger partial charge on any atom is -0.356 e. The summed E-state index contributed by atoms with van der Waals surface area (Å²) in [7, 11) is 3.97. The number of carbonyl (C=O) groups is 2. The molecule has 1 aliphatic rings. The number of carbonyl (C=O) groups excluding carboxylic acids is 2. The van der Waals surface area contributed by atoms with E-state index in [1.54, 1.807) is 0 Å². The molecule has 1 saturated heterocycles. The summed E-state index contributed by atoms with van der Waals surface area (Å²) >= 11 is 0. The Balaban J connectivity index is 1.43. The summed E-state index contributed by atoms with van der Waals surface area (Å²) in [4.78, 5) is 28.4. The van der Waals surface area contributed by atoms with Gasteiger partial charge in [-0.3, -0.25) is 9.59 Å². The number of nitrogens with zero attached hydrogens (tertiary/aromatic N) is 5. The maximum Gasteiger partial charge on any atom is 0.224 e. The van der Waals surface area contributed by atoms with E-state index in [0.717, 1.165) is 24.0 Å². The maximum absolute atomic E-state index is 12.5. The van der Waals surface area contributed by atoms with Gasteiger partial charge in [0.05, 0.1) is 11.4 Å². The third-order valence-corrected chi connectivity index (χ3v) is 4.95. The Morgan fingerprint density at radius 1 is 1.30 bits per heavy atom. The van der Waals surface area contributed by atoms with E-state index in [1.165, 1.54) is 0 Å². The van der Waals surface area contributed by atoms with Gasteiger partial charge in [-0.15, -0.1) is 5.10 Å². The van der Waals surface area contributed by atoms with Crippen LogP contribution in [-0.4, -0.2) is 76.9 Å². The molecule has 0 aliphatic carbocycles. The van der Waals surface area contributed by atoms with Crippen LogP contribution in [0, 0.1) is 5.92 Å². The molecule has 1 aromatic heterocycles. The third-order valence-electron chi connectivity index (χ3n) is 4.95. The van der Waals surface area contributed by atoms with Crippen molar-refractivity contribution in [3.05, 3.63) is 24.3 Å². The summed E-state index contributed by atoms with van der Waals surface area (Å²) in [5, 5.41) is 11.3. The first-order valence-electron chi connectivity index (χ1n) is 9.53. The number of likely N-dealkylation sites (N-methyl/N-ethyl adjacent to an activating group) is 1. The van der Waals surface area contributed by atoms with E-state index in [4.69, 9.17) is 0 Å². The number of hydrogen-bond acceptors (Lipinski definition) is 5. The van der Waals surface area contributed by atoms with E-state index in [1.807, 2.05) is 52.8 Å². The molecule has 0 bridgehead atoms. The van der Waals surface area contributed by atoms with E-state index in [9.17, 15) is 9.59 Å². The molecular weight excluding hydrogens is 344 g/mol. The SMILES string of the molecule is CN(C)CCN1C[C@H](C(=O)NCCCn2nnc3ccccc32)CCC1=O. The first-order valence-corrected chi connectivity index (χ1v) is 9.53. The van der Waals surface area contributed by atoms with Gasteiger partial charge in [-0.05, 0) is 39.1 Å². The van der Waals surface area contributed by atoms with Crippen LogP contribution in [0.3, 0.4) is 0 Å². The normalized spacial score (nSPS) is 17.7. The van der Waals surface area contributed by atoms with E-state index < -0.39 is 0 Å². The highest BCUT2D eigenvalue weighted by molar-refractivity contribution is 5.83. The van der Waals surface area contributed by atoms with Crippen molar-refractivity contribution in [1.82, 2.24) is 30.1 Å². The van der Waals surface area contributed by atoms with Gasteiger partial charge in [0.2, 0.25) is 11.8 Å². The molecule has 2 amide bonds. The zero-order chi connectivity index (χ0) is 19.2. The van der Waals surface area contributed by atoms with Crippen LogP contribution in [-0.2, 0) is 16.1 Å². The summed E-state index contributed by atoms with van der Waals surface area (Å²) in [5.74, 6) is 0.0804. The van der Waals surface area contributed by atoms with Crippen LogP contribution in [0.5, 0.6) is 0 Å². The number of fused-ring (bicyclic) bond motifs is 1. The van der Waals surface area contributed by atoms with Crippen molar-refractivity contribution in [2.45, 2.75) is 25.8 Å². The lowest BCUT2D eigenvalue weighted by Gasteiger charge is -2.32. The molecular formula is C19H28N6O2. The molecule has 1 fully saturated rings. The van der Waals surface area contributed by atoms with Crippen LogP contribution < -0.4 is 5.32 Å². The smallest absolute Gasteiger partial charge is 0.224 e. The first-order chi connectivity index (χ1) is 13.0. The number of nitrogens with one attached hydrogen (secondary N) is 1. The van der Waals surface area contributed by atoms with E-state index in [0.29, 0.717) is 39.0 Å². The van der Waals surface area contributed by atoms with Gasteiger partial charge < -0.3 is 15.1 Å². The minimum atomic E-state index is -0.114. The number of likely N-dealkylation sites (tertiary alicyclic amines) is 1. The Kier molecular flexibility index (Phi) is 6.39. The van der Waals surface area contributed by atoms with Crippen molar-refractivity contribution in [3.8, 4) is 0 Å². The van der Waals surface area contributed by atoms with Crippen molar-refractivity contribution in [2.24, 2.45) is 5.92 Å². The molecule has 1 atom stereocenters. The standard InChI is InChI=1S/C19H28N6O2/c1-23(2)12-13-24-14-15(8-9-18(24)26)19(27)20-10-5-11-25-17-7-4-3-6-16(17)21-22-25/h3-4,6-7,15H,5,8-14H2,1-2H3,(H,20,27)/t15-/m1/s1. The van der Waals surface area contributed by atoms with Crippen LogP contribution in [0.2, 0.25) is 0 Å². The van der Waals surface area contributed by atoms with Gasteiger partial charge in [0.1, 0.15) is 5.52 Å². The second kappa shape index (κ2) is 8.94. The predicted molar refractivity (Wildman–Crippen MR) is 103 cm³/mol. The van der Waals surface area contributed by atoms with Crippen molar-refractivity contribution in [2.75, 3.05) is 40.3 Å². The first kappa shape index (κ1) is 19.3. The van der Waals surface area contributed by atoms with Crippen LogP contribution >= 0.6 is 0 Å². The fourth-order valence-corrected chi connectivity index (χ4v) is 3.33. The van der Waals surface area contributed by atoms with Crippen molar-refractivity contribution < 1.29 is 9.59 Å². The molecule has 0 spiro atoms. The molecule has 146 valence electrons. The van der Waals surface area contributed by atoms with E-state index in [-0.39, 0.29) is 17.7 Å². The topological polar surface area (TPSA) is 83.4 Å². The predicted octanol–water partition coefficient (Wildman–Crippen LogP) is 0.738. The molecule has 0 radical (unpaired) electrons. The number of aryl methyl sites for hydroxylation is 1. The molecule has 2 aromatic rings. The number of amides is 2. The molecule has 27 heavy (non-hydrogen) atoms. The molecule has 2 heterocycles. The van der Waals surface area contributed by atoms with Crippen molar-refractivity contribution in [3.63, 3.8) is 0 Å². The highest BCUT2D eigenvalue weighted by atomic mass is 16.2. The summed E-state index contributed by atoms with van der Waals surface area (Å²) in [6.45, 7) is 3.31. The van der Waals surface area contributed by atoms with Crippen LogP contribution in [0.15, 0.2) is 24.3 Å². The van der Waals surface area contributed by atoms with E-state index >= 15 is 0 Å². The van der Waals surface area contributed by atoms with Gasteiger partial charge in [0, 0.05) is 39.1 Å². The lowest BCUT2D eigenvalue weighted by Crippen LogP contribution is -2.47. The quantitative estimate of drug-likeness (QED) is 0.691. The molecule has 3 rings (SSSR count). The second-order valence-corrected chi connectivity index (χ2v) is 7.32. The van der Waals surface area contributed by atoms with Gasteiger partial charge in [0.25, 0.3) is 0 Å². The zero-order valence-corrected chi connectivity index (χ0v) is 16.1. The Morgan fingerprint density at radius 3 is 2.93 bits per heavy atom. The number of hydrogen-bond donors (Lipinski definition) is 1. The number of rotatable bonds is 8. The third kappa shape index (κ3) is 5.03. The number of benzene rings is 1. The van der Waals surface area contributed by atoms with Gasteiger partial charge in [-0.1, -0.05) is 17.3 Å². The Morgan fingerprint density at radius 2 is 2.11 bits per heavy atom. The number of para-hydroxylation sites is 1. The average Bonchev–Trinajstić information content (AvgIpc) is 3.07. The maximum atomic E-state index is 12.5. The largest absolute Gasteiger partial charge is 0.356 e. The van der Waals surface area contributed by atoms with Gasteiger partial charge in [0.15, 0.2) is 0 Å².